The van der Waals surface area contributed by atoms with Crippen LogP contribution >= 0.6 is 0 Å². The van der Waals surface area contributed by atoms with E-state index >= 15 is 0 Å². The number of hydrogen-bond acceptors (Lipinski definition) is 3. The highest BCUT2D eigenvalue weighted by molar-refractivity contribution is 5.95. The van der Waals surface area contributed by atoms with Crippen LogP contribution in [0, 0.1) is 0 Å². The topological polar surface area (TPSA) is 110 Å². The molecule has 6 N–H and O–H groups in total. The van der Waals surface area contributed by atoms with Crippen molar-refractivity contribution in [1.82, 2.24) is 0 Å². The van der Waals surface area contributed by atoms with Gasteiger partial charge in [-0.3, -0.25) is 4.79 Å². The lowest BCUT2D eigenvalue weighted by molar-refractivity contribution is -0.117. The quantitative estimate of drug-likeness (QED) is 0.687. The maximum Gasteiger partial charge on any atom is 0.316 e. The third-order valence-corrected chi connectivity index (χ3v) is 2.86. The Labute approximate surface area is 122 Å². The predicted molar refractivity (Wildman–Crippen MR) is 81.6 cm³/mol. The molecule has 0 radical (unpaired) electrons. The highest BCUT2D eigenvalue weighted by Crippen LogP contribution is 2.16. The predicted octanol–water partition coefficient (Wildman–Crippen LogP) is 1.82. The summed E-state index contributed by atoms with van der Waals surface area (Å²) in [5, 5.41) is 5.15. The fourth-order valence-electron chi connectivity index (χ4n) is 1.81. The Kier molecular flexibility index (Phi) is 4.53. The molecular formula is C15H16N4O2. The summed E-state index contributed by atoms with van der Waals surface area (Å²) >= 11 is 0. The fraction of sp³-hybridized carbons (Fsp3) is 0.0667. The molecule has 0 aliphatic heterocycles. The van der Waals surface area contributed by atoms with Crippen molar-refractivity contribution in [2.45, 2.75) is 6.04 Å². The monoisotopic (exact) mass is 284 g/mol. The van der Waals surface area contributed by atoms with Crippen molar-refractivity contribution < 1.29 is 9.59 Å². The number of urea groups is 1. The van der Waals surface area contributed by atoms with Gasteiger partial charge in [0.2, 0.25) is 5.91 Å². The van der Waals surface area contributed by atoms with E-state index in [1.54, 1.807) is 36.4 Å². The molecule has 6 heteroatoms. The molecule has 6 nitrogen and oxygen atoms in total. The summed E-state index contributed by atoms with van der Waals surface area (Å²) in [5.41, 5.74) is 12.8. The van der Waals surface area contributed by atoms with Crippen molar-refractivity contribution in [2.75, 3.05) is 10.6 Å². The SMILES string of the molecule is NC(=O)Nc1ccc(NC(=O)[C@@H](N)c2ccccc2)cc1. The first-order chi connectivity index (χ1) is 10.1. The summed E-state index contributed by atoms with van der Waals surface area (Å²) in [6, 6.07) is 14.3. The van der Waals surface area contributed by atoms with Gasteiger partial charge >= 0.3 is 6.03 Å². The average molecular weight is 284 g/mol. The number of rotatable bonds is 4. The molecule has 0 heterocycles. The summed E-state index contributed by atoms with van der Waals surface area (Å²) in [7, 11) is 0. The van der Waals surface area contributed by atoms with E-state index in [1.807, 2.05) is 18.2 Å². The van der Waals surface area contributed by atoms with Gasteiger partial charge in [0.25, 0.3) is 0 Å². The number of primary amides is 1. The Morgan fingerprint density at radius 3 is 1.90 bits per heavy atom. The van der Waals surface area contributed by atoms with Crippen molar-refractivity contribution in [3.05, 3.63) is 60.2 Å². The van der Waals surface area contributed by atoms with E-state index in [0.717, 1.165) is 5.56 Å². The number of anilines is 2. The van der Waals surface area contributed by atoms with Crippen LogP contribution in [0.4, 0.5) is 16.2 Å². The number of carbonyl (C=O) groups is 2. The zero-order chi connectivity index (χ0) is 15.2. The second-order valence-electron chi connectivity index (χ2n) is 4.44. The van der Waals surface area contributed by atoms with Crippen LogP contribution in [0.1, 0.15) is 11.6 Å². The normalized spacial score (nSPS) is 11.5. The lowest BCUT2D eigenvalue weighted by Crippen LogP contribution is -2.27. The lowest BCUT2D eigenvalue weighted by atomic mass is 10.1. The summed E-state index contributed by atoms with van der Waals surface area (Å²) in [6.45, 7) is 0. The molecular weight excluding hydrogens is 268 g/mol. The largest absolute Gasteiger partial charge is 0.351 e. The minimum absolute atomic E-state index is 0.309. The Morgan fingerprint density at radius 2 is 1.38 bits per heavy atom. The molecule has 2 rings (SSSR count). The molecule has 0 aliphatic carbocycles. The van der Waals surface area contributed by atoms with Gasteiger partial charge in [-0.15, -0.1) is 0 Å². The molecule has 0 saturated heterocycles. The Bertz CT molecular complexity index is 626. The number of benzene rings is 2. The van der Waals surface area contributed by atoms with Crippen molar-refractivity contribution in [1.29, 1.82) is 0 Å². The van der Waals surface area contributed by atoms with Gasteiger partial charge in [0.15, 0.2) is 0 Å². The molecule has 0 aliphatic rings. The van der Waals surface area contributed by atoms with Crippen LogP contribution in [0.15, 0.2) is 54.6 Å². The summed E-state index contributed by atoms with van der Waals surface area (Å²) in [5.74, 6) is -0.309. The van der Waals surface area contributed by atoms with Gasteiger partial charge in [-0.05, 0) is 29.8 Å². The molecule has 21 heavy (non-hydrogen) atoms. The Balaban J connectivity index is 2.01. The van der Waals surface area contributed by atoms with Crippen molar-refractivity contribution in [3.63, 3.8) is 0 Å². The van der Waals surface area contributed by atoms with Crippen LogP contribution in [0.2, 0.25) is 0 Å². The molecule has 1 atom stereocenters. The molecule has 3 amide bonds. The zero-order valence-corrected chi connectivity index (χ0v) is 11.2. The number of amides is 3. The third-order valence-electron chi connectivity index (χ3n) is 2.86. The van der Waals surface area contributed by atoms with Crippen LogP contribution in [0.5, 0.6) is 0 Å². The molecule has 2 aromatic carbocycles. The molecule has 108 valence electrons. The van der Waals surface area contributed by atoms with Gasteiger partial charge in [-0.2, -0.15) is 0 Å². The molecule has 0 unspecified atom stereocenters. The van der Waals surface area contributed by atoms with Gasteiger partial charge in [0, 0.05) is 11.4 Å². The third kappa shape index (κ3) is 4.05. The average Bonchev–Trinajstić information content (AvgIpc) is 2.49. The van der Waals surface area contributed by atoms with Gasteiger partial charge in [0.1, 0.15) is 6.04 Å². The van der Waals surface area contributed by atoms with Crippen LogP contribution < -0.4 is 22.1 Å². The Hall–Kier alpha value is -2.86. The summed E-state index contributed by atoms with van der Waals surface area (Å²) < 4.78 is 0. The summed E-state index contributed by atoms with van der Waals surface area (Å²) in [6.07, 6.45) is 0. The number of nitrogens with one attached hydrogen (secondary N) is 2. The lowest BCUT2D eigenvalue weighted by Gasteiger charge is -2.13. The minimum atomic E-state index is -0.741. The number of hydrogen-bond donors (Lipinski definition) is 4. The molecule has 2 aromatic rings. The number of nitrogens with two attached hydrogens (primary N) is 2. The van der Waals surface area contributed by atoms with Gasteiger partial charge in [-0.1, -0.05) is 30.3 Å². The standard InChI is InChI=1S/C15H16N4O2/c16-13(10-4-2-1-3-5-10)14(20)18-11-6-8-12(9-7-11)19-15(17)21/h1-9,13H,16H2,(H,18,20)(H3,17,19,21)/t13-/m0/s1. The van der Waals surface area contributed by atoms with Crippen LogP contribution in [-0.2, 0) is 4.79 Å². The van der Waals surface area contributed by atoms with Crippen LogP contribution in [0.3, 0.4) is 0 Å². The van der Waals surface area contributed by atoms with E-state index in [-0.39, 0.29) is 5.91 Å². The highest BCUT2D eigenvalue weighted by atomic mass is 16.2. The van der Waals surface area contributed by atoms with Crippen molar-refractivity contribution >= 4 is 23.3 Å². The van der Waals surface area contributed by atoms with Crippen molar-refractivity contribution in [2.24, 2.45) is 11.5 Å². The van der Waals surface area contributed by atoms with E-state index in [1.165, 1.54) is 0 Å². The second-order valence-corrected chi connectivity index (χ2v) is 4.44. The smallest absolute Gasteiger partial charge is 0.316 e. The number of carbonyl (C=O) groups excluding carboxylic acids is 2. The fourth-order valence-corrected chi connectivity index (χ4v) is 1.81. The molecule has 0 aromatic heterocycles. The first-order valence-electron chi connectivity index (χ1n) is 6.34. The molecule has 0 saturated carbocycles. The van der Waals surface area contributed by atoms with Gasteiger partial charge in [0.05, 0.1) is 0 Å². The molecule has 0 fully saturated rings. The minimum Gasteiger partial charge on any atom is -0.351 e. The maximum absolute atomic E-state index is 12.0. The summed E-state index contributed by atoms with van der Waals surface area (Å²) in [4.78, 5) is 22.8. The van der Waals surface area contributed by atoms with E-state index in [9.17, 15) is 9.59 Å². The second kappa shape index (κ2) is 6.53. The zero-order valence-electron chi connectivity index (χ0n) is 11.2. The van der Waals surface area contributed by atoms with Crippen LogP contribution in [0.25, 0.3) is 0 Å². The van der Waals surface area contributed by atoms with Gasteiger partial charge in [-0.25, -0.2) is 4.79 Å². The Morgan fingerprint density at radius 1 is 0.857 bits per heavy atom. The van der Waals surface area contributed by atoms with E-state index in [4.69, 9.17) is 11.5 Å². The first kappa shape index (κ1) is 14.5. The maximum atomic E-state index is 12.0. The first-order valence-corrected chi connectivity index (χ1v) is 6.34. The van der Waals surface area contributed by atoms with E-state index in [0.29, 0.717) is 11.4 Å². The van der Waals surface area contributed by atoms with Crippen LogP contribution in [-0.4, -0.2) is 11.9 Å². The molecule has 0 bridgehead atoms. The van der Waals surface area contributed by atoms with Crippen molar-refractivity contribution in [3.8, 4) is 0 Å². The van der Waals surface area contributed by atoms with E-state index in [2.05, 4.69) is 10.6 Å². The van der Waals surface area contributed by atoms with Gasteiger partial charge < -0.3 is 22.1 Å². The molecule has 0 spiro atoms. The highest BCUT2D eigenvalue weighted by Gasteiger charge is 2.15. The van der Waals surface area contributed by atoms with E-state index < -0.39 is 12.1 Å².